The predicted molar refractivity (Wildman–Crippen MR) is 47.1 cm³/mol. The third kappa shape index (κ3) is 4.80. The highest BCUT2D eigenvalue weighted by Crippen LogP contribution is 1.96. The molecule has 0 aromatic carbocycles. The molecule has 0 N–H and O–H groups in total. The Hall–Kier alpha value is -1.57. The molecule has 0 saturated heterocycles. The van der Waals surface area contributed by atoms with E-state index in [0.717, 1.165) is 6.40 Å². The van der Waals surface area contributed by atoms with Crippen molar-refractivity contribution in [3.05, 3.63) is 11.4 Å². The minimum Gasteiger partial charge on any atom is -0.483 e. The summed E-state index contributed by atoms with van der Waals surface area (Å²) in [5.41, 5.74) is 0. The maximum atomic E-state index is 11.0. The first-order valence-electron chi connectivity index (χ1n) is 3.92. The summed E-state index contributed by atoms with van der Waals surface area (Å²) < 4.78 is 9.35. The lowest BCUT2D eigenvalue weighted by atomic mass is 10.5. The van der Waals surface area contributed by atoms with Crippen molar-refractivity contribution in [2.45, 2.75) is 20.0 Å². The molecule has 1 atom stereocenters. The number of ether oxygens (including phenoxy) is 2. The standard InChI is InChI=1S/C8H12N2O3/c1-4-12-6-10-7(9-3)8(11)13-5-2/h6-7H,4-5H2,1-2H3/b10-6+. The summed E-state index contributed by atoms with van der Waals surface area (Å²) in [5.74, 6) is -0.645. The second-order valence-electron chi connectivity index (χ2n) is 1.96. The molecule has 0 aromatic heterocycles. The van der Waals surface area contributed by atoms with Gasteiger partial charge in [0, 0.05) is 0 Å². The molecule has 0 aromatic rings. The molecule has 0 saturated carbocycles. The van der Waals surface area contributed by atoms with Gasteiger partial charge in [0.05, 0.1) is 13.2 Å². The van der Waals surface area contributed by atoms with Crippen molar-refractivity contribution in [3.8, 4) is 0 Å². The largest absolute Gasteiger partial charge is 0.483 e. The molecule has 5 nitrogen and oxygen atoms in total. The third-order valence-electron chi connectivity index (χ3n) is 1.06. The molecule has 0 aliphatic carbocycles. The van der Waals surface area contributed by atoms with E-state index in [9.17, 15) is 4.79 Å². The Balaban J connectivity index is 4.04. The molecule has 72 valence electrons. The maximum absolute atomic E-state index is 11.0. The van der Waals surface area contributed by atoms with Gasteiger partial charge in [-0.3, -0.25) is 4.85 Å². The van der Waals surface area contributed by atoms with Crippen LogP contribution in [0.5, 0.6) is 0 Å². The lowest BCUT2D eigenvalue weighted by molar-refractivity contribution is -0.143. The molecular weight excluding hydrogens is 172 g/mol. The number of hydrogen-bond donors (Lipinski definition) is 0. The van der Waals surface area contributed by atoms with Gasteiger partial charge in [0.1, 0.15) is 0 Å². The Kier molecular flexibility index (Phi) is 6.24. The van der Waals surface area contributed by atoms with E-state index in [1.165, 1.54) is 0 Å². The lowest BCUT2D eigenvalue weighted by Crippen LogP contribution is -2.18. The van der Waals surface area contributed by atoms with E-state index in [0.29, 0.717) is 6.61 Å². The number of hydrogen-bond acceptors (Lipinski definition) is 4. The number of nitrogens with zero attached hydrogens (tertiary/aromatic N) is 2. The monoisotopic (exact) mass is 184 g/mol. The Morgan fingerprint density at radius 1 is 1.62 bits per heavy atom. The molecule has 0 amide bonds. The minimum absolute atomic E-state index is 0.245. The highest BCUT2D eigenvalue weighted by Gasteiger charge is 2.22. The van der Waals surface area contributed by atoms with Crippen LogP contribution in [0, 0.1) is 6.57 Å². The summed E-state index contributed by atoms with van der Waals surface area (Å²) in [5, 5.41) is 0. The first kappa shape index (κ1) is 11.4. The van der Waals surface area contributed by atoms with E-state index in [4.69, 9.17) is 11.3 Å². The van der Waals surface area contributed by atoms with Crippen molar-refractivity contribution in [2.24, 2.45) is 4.99 Å². The zero-order valence-corrected chi connectivity index (χ0v) is 7.69. The summed E-state index contributed by atoms with van der Waals surface area (Å²) >= 11 is 0. The van der Waals surface area contributed by atoms with Gasteiger partial charge in [0.25, 0.3) is 0 Å². The number of carbonyl (C=O) groups is 1. The summed E-state index contributed by atoms with van der Waals surface area (Å²) in [6.07, 6.45) is -0.0360. The van der Waals surface area contributed by atoms with E-state index in [1.807, 2.05) is 0 Å². The van der Waals surface area contributed by atoms with E-state index < -0.39 is 12.1 Å². The topological polar surface area (TPSA) is 52.2 Å². The Labute approximate surface area is 77.2 Å². The van der Waals surface area contributed by atoms with E-state index in [1.54, 1.807) is 13.8 Å². The van der Waals surface area contributed by atoms with Gasteiger partial charge in [-0.1, -0.05) is 0 Å². The molecule has 0 rings (SSSR count). The molecule has 0 aliphatic heterocycles. The van der Waals surface area contributed by atoms with Gasteiger partial charge in [-0.2, -0.15) is 4.99 Å². The van der Waals surface area contributed by atoms with Crippen LogP contribution in [0.1, 0.15) is 13.8 Å². The first-order chi connectivity index (χ1) is 6.26. The van der Waals surface area contributed by atoms with E-state index in [-0.39, 0.29) is 6.61 Å². The molecule has 13 heavy (non-hydrogen) atoms. The fraction of sp³-hybridized carbons (Fsp3) is 0.625. The fourth-order valence-corrected chi connectivity index (χ4v) is 0.539. The Bertz CT molecular complexity index is 220. The second kappa shape index (κ2) is 7.10. The van der Waals surface area contributed by atoms with Crippen LogP contribution in [-0.2, 0) is 14.3 Å². The van der Waals surface area contributed by atoms with Crippen LogP contribution in [0.2, 0.25) is 0 Å². The Morgan fingerprint density at radius 3 is 2.77 bits per heavy atom. The van der Waals surface area contributed by atoms with Crippen LogP contribution >= 0.6 is 0 Å². The molecule has 0 bridgehead atoms. The maximum Gasteiger partial charge on any atom is 0.415 e. The lowest BCUT2D eigenvalue weighted by Gasteiger charge is -1.99. The van der Waals surface area contributed by atoms with Crippen LogP contribution in [0.3, 0.4) is 0 Å². The fourth-order valence-electron chi connectivity index (χ4n) is 0.539. The smallest absolute Gasteiger partial charge is 0.415 e. The van der Waals surface area contributed by atoms with Gasteiger partial charge in [-0.25, -0.2) is 11.4 Å². The van der Waals surface area contributed by atoms with Crippen LogP contribution < -0.4 is 0 Å². The van der Waals surface area contributed by atoms with Crippen molar-refractivity contribution in [3.63, 3.8) is 0 Å². The van der Waals surface area contributed by atoms with Gasteiger partial charge < -0.3 is 9.47 Å². The van der Waals surface area contributed by atoms with Gasteiger partial charge in [0.2, 0.25) is 0 Å². The number of esters is 1. The SMILES string of the molecule is [C-]#[N+]C(/N=C/OCC)C(=O)OCC. The van der Waals surface area contributed by atoms with Crippen molar-refractivity contribution in [2.75, 3.05) is 13.2 Å². The van der Waals surface area contributed by atoms with Gasteiger partial charge in [-0.15, -0.1) is 0 Å². The molecule has 0 fully saturated rings. The number of carbonyl (C=O) groups excluding carboxylic acids is 1. The zero-order chi connectivity index (χ0) is 10.1. The van der Waals surface area contributed by atoms with E-state index in [2.05, 4.69) is 14.6 Å². The zero-order valence-electron chi connectivity index (χ0n) is 7.69. The highest BCUT2D eigenvalue weighted by molar-refractivity contribution is 5.78. The van der Waals surface area contributed by atoms with Crippen molar-refractivity contribution in [1.82, 2.24) is 0 Å². The molecule has 0 aliphatic rings. The average molecular weight is 184 g/mol. The van der Waals surface area contributed by atoms with Crippen molar-refractivity contribution < 1.29 is 14.3 Å². The van der Waals surface area contributed by atoms with Crippen molar-refractivity contribution >= 4 is 12.4 Å². The second-order valence-corrected chi connectivity index (χ2v) is 1.96. The van der Waals surface area contributed by atoms with Gasteiger partial charge >= 0.3 is 12.1 Å². The predicted octanol–water partition coefficient (Wildman–Crippen LogP) is 0.860. The minimum atomic E-state index is -1.13. The highest BCUT2D eigenvalue weighted by atomic mass is 16.5. The summed E-state index contributed by atoms with van der Waals surface area (Å²) in [7, 11) is 0. The van der Waals surface area contributed by atoms with Crippen molar-refractivity contribution in [1.29, 1.82) is 0 Å². The molecular formula is C8H12N2O3. The van der Waals surface area contributed by atoms with Crippen LogP contribution in [0.15, 0.2) is 4.99 Å². The van der Waals surface area contributed by atoms with Gasteiger partial charge in [-0.05, 0) is 13.8 Å². The summed E-state index contributed by atoms with van der Waals surface area (Å²) in [6, 6.07) is 0. The molecule has 1 unspecified atom stereocenters. The molecule has 0 heterocycles. The third-order valence-corrected chi connectivity index (χ3v) is 1.06. The summed E-state index contributed by atoms with van der Waals surface area (Å²) in [6.45, 7) is 10.8. The first-order valence-corrected chi connectivity index (χ1v) is 3.92. The Morgan fingerprint density at radius 2 is 2.31 bits per heavy atom. The van der Waals surface area contributed by atoms with Crippen LogP contribution in [-0.4, -0.2) is 31.7 Å². The van der Waals surface area contributed by atoms with E-state index >= 15 is 0 Å². The normalized spacial score (nSPS) is 12.1. The molecule has 0 spiro atoms. The van der Waals surface area contributed by atoms with Crippen LogP contribution in [0.4, 0.5) is 0 Å². The molecule has 5 heteroatoms. The quantitative estimate of drug-likeness (QED) is 0.275. The number of rotatable bonds is 5. The molecule has 0 radical (unpaired) electrons. The van der Waals surface area contributed by atoms with Gasteiger partial charge in [0.15, 0.2) is 6.40 Å². The summed E-state index contributed by atoms with van der Waals surface area (Å²) in [4.78, 5) is 17.5. The average Bonchev–Trinajstić information content (AvgIpc) is 2.13. The van der Waals surface area contributed by atoms with Crippen LogP contribution in [0.25, 0.3) is 4.85 Å². The number of aliphatic imine (C=N–C) groups is 1.